The Hall–Kier alpha value is -1.22. The Labute approximate surface area is 99.4 Å². The van der Waals surface area contributed by atoms with Crippen molar-refractivity contribution in [2.45, 2.75) is 24.8 Å². The molecule has 2 heterocycles. The lowest BCUT2D eigenvalue weighted by Crippen LogP contribution is -2.47. The number of rotatable bonds is 3. The number of halogens is 1. The average molecular weight is 236 g/mol. The molecule has 0 saturated heterocycles. The number of hydrogen-bond donors (Lipinski definition) is 1. The molecule has 1 saturated carbocycles. The van der Waals surface area contributed by atoms with Gasteiger partial charge in [0, 0.05) is 18.3 Å². The van der Waals surface area contributed by atoms with Crippen molar-refractivity contribution in [1.29, 1.82) is 0 Å². The van der Waals surface area contributed by atoms with Crippen LogP contribution in [0, 0.1) is 0 Å². The zero-order valence-electron chi connectivity index (χ0n) is 8.99. The Bertz CT molecular complexity index is 496. The third-order valence-corrected chi connectivity index (χ3v) is 3.90. The van der Waals surface area contributed by atoms with E-state index in [0.29, 0.717) is 5.88 Å². The fourth-order valence-corrected chi connectivity index (χ4v) is 2.55. The fraction of sp³-hybridized carbons (Fsp3) is 0.417. The van der Waals surface area contributed by atoms with Gasteiger partial charge in [-0.3, -0.25) is 4.40 Å². The van der Waals surface area contributed by atoms with Crippen molar-refractivity contribution in [3.63, 3.8) is 0 Å². The van der Waals surface area contributed by atoms with Crippen molar-refractivity contribution in [2.75, 3.05) is 11.2 Å². The predicted octanol–water partition coefficient (Wildman–Crippen LogP) is 2.91. The van der Waals surface area contributed by atoms with E-state index in [1.54, 1.807) is 0 Å². The molecule has 0 radical (unpaired) electrons. The van der Waals surface area contributed by atoms with Crippen LogP contribution >= 0.6 is 11.6 Å². The summed E-state index contributed by atoms with van der Waals surface area (Å²) in [6, 6.07) is 6.09. The number of anilines is 1. The van der Waals surface area contributed by atoms with Crippen molar-refractivity contribution < 1.29 is 0 Å². The zero-order chi connectivity index (χ0) is 11.0. The van der Waals surface area contributed by atoms with Crippen molar-refractivity contribution in [3.8, 4) is 0 Å². The highest BCUT2D eigenvalue weighted by atomic mass is 35.5. The smallest absolute Gasteiger partial charge is 0.138 e. The second-order valence-electron chi connectivity index (χ2n) is 4.46. The maximum Gasteiger partial charge on any atom is 0.138 e. The Morgan fingerprint density at radius 2 is 2.31 bits per heavy atom. The van der Waals surface area contributed by atoms with Crippen molar-refractivity contribution in [3.05, 3.63) is 30.6 Å². The molecule has 3 nitrogen and oxygen atoms in total. The molecule has 0 bridgehead atoms. The highest BCUT2D eigenvalue weighted by Crippen LogP contribution is 2.36. The Balaban J connectivity index is 1.96. The second kappa shape index (κ2) is 3.67. The van der Waals surface area contributed by atoms with E-state index in [0.717, 1.165) is 24.3 Å². The number of fused-ring (bicyclic) bond motifs is 1. The molecule has 2 aromatic rings. The molecule has 1 aliphatic carbocycles. The van der Waals surface area contributed by atoms with Gasteiger partial charge in [0.25, 0.3) is 0 Å². The quantitative estimate of drug-likeness (QED) is 0.829. The Morgan fingerprint density at radius 3 is 3.00 bits per heavy atom. The molecule has 84 valence electrons. The molecule has 0 unspecified atom stereocenters. The molecule has 0 spiro atoms. The van der Waals surface area contributed by atoms with E-state index < -0.39 is 0 Å². The van der Waals surface area contributed by atoms with Crippen molar-refractivity contribution in [2.24, 2.45) is 0 Å². The van der Waals surface area contributed by atoms with Crippen LogP contribution in [0.4, 0.5) is 5.82 Å². The molecule has 1 fully saturated rings. The van der Waals surface area contributed by atoms with E-state index in [1.165, 1.54) is 6.42 Å². The predicted molar refractivity (Wildman–Crippen MR) is 66.1 cm³/mol. The van der Waals surface area contributed by atoms with Crippen molar-refractivity contribution in [1.82, 2.24) is 9.38 Å². The van der Waals surface area contributed by atoms with Gasteiger partial charge >= 0.3 is 0 Å². The topological polar surface area (TPSA) is 29.3 Å². The first-order chi connectivity index (χ1) is 7.83. The number of nitrogens with zero attached hydrogens (tertiary/aromatic N) is 2. The van der Waals surface area contributed by atoms with Gasteiger partial charge in [0.1, 0.15) is 11.5 Å². The SMILES string of the molecule is ClCC1(Nc2cccc3nccn23)CCC1. The van der Waals surface area contributed by atoms with Crippen LogP contribution in [0.1, 0.15) is 19.3 Å². The number of aromatic nitrogens is 2. The molecular weight excluding hydrogens is 222 g/mol. The van der Waals surface area contributed by atoms with Gasteiger partial charge in [-0.25, -0.2) is 4.98 Å². The maximum atomic E-state index is 6.05. The van der Waals surface area contributed by atoms with E-state index in [2.05, 4.69) is 20.8 Å². The third-order valence-electron chi connectivity index (χ3n) is 3.39. The molecule has 0 aromatic carbocycles. The number of imidazole rings is 1. The van der Waals surface area contributed by atoms with Crippen LogP contribution in [0.15, 0.2) is 30.6 Å². The van der Waals surface area contributed by atoms with Crippen LogP contribution < -0.4 is 5.32 Å². The largest absolute Gasteiger partial charge is 0.365 e. The number of alkyl halides is 1. The summed E-state index contributed by atoms with van der Waals surface area (Å²) in [5.41, 5.74) is 1.06. The van der Waals surface area contributed by atoms with Crippen molar-refractivity contribution >= 4 is 23.1 Å². The second-order valence-corrected chi connectivity index (χ2v) is 4.73. The summed E-state index contributed by atoms with van der Waals surface area (Å²) in [5.74, 6) is 1.74. The van der Waals surface area contributed by atoms with Gasteiger partial charge in [0.15, 0.2) is 0 Å². The lowest BCUT2D eigenvalue weighted by Gasteiger charge is -2.41. The van der Waals surface area contributed by atoms with Gasteiger partial charge in [-0.1, -0.05) is 6.07 Å². The van der Waals surface area contributed by atoms with Gasteiger partial charge in [-0.15, -0.1) is 11.6 Å². The molecule has 0 aliphatic heterocycles. The minimum Gasteiger partial charge on any atom is -0.365 e. The summed E-state index contributed by atoms with van der Waals surface area (Å²) >= 11 is 6.05. The summed E-state index contributed by atoms with van der Waals surface area (Å²) in [4.78, 5) is 4.27. The van der Waals surface area contributed by atoms with E-state index in [-0.39, 0.29) is 5.54 Å². The maximum absolute atomic E-state index is 6.05. The number of pyridine rings is 1. The van der Waals surface area contributed by atoms with Gasteiger partial charge in [0.05, 0.1) is 5.54 Å². The van der Waals surface area contributed by atoms with Crippen LogP contribution in [0.25, 0.3) is 5.65 Å². The fourth-order valence-electron chi connectivity index (χ4n) is 2.22. The van der Waals surface area contributed by atoms with Crippen LogP contribution in [0.3, 0.4) is 0 Å². The average Bonchev–Trinajstić information content (AvgIpc) is 2.72. The van der Waals surface area contributed by atoms with E-state index in [1.807, 2.05) is 24.5 Å². The highest BCUT2D eigenvalue weighted by molar-refractivity contribution is 6.19. The first kappa shape index (κ1) is 9.97. The van der Waals surface area contributed by atoms with Gasteiger partial charge < -0.3 is 5.32 Å². The van der Waals surface area contributed by atoms with E-state index in [9.17, 15) is 0 Å². The Kier molecular flexibility index (Phi) is 2.28. The van der Waals surface area contributed by atoms with Gasteiger partial charge in [-0.2, -0.15) is 0 Å². The molecule has 1 aliphatic rings. The molecule has 0 atom stereocenters. The standard InChI is InChI=1S/C12H14ClN3/c13-9-12(5-2-6-12)15-11-4-1-3-10-14-7-8-16(10)11/h1,3-4,7-8,15H,2,5-6,9H2. The molecular formula is C12H14ClN3. The molecule has 16 heavy (non-hydrogen) atoms. The summed E-state index contributed by atoms with van der Waals surface area (Å²) in [5, 5.41) is 3.56. The number of nitrogens with one attached hydrogen (secondary N) is 1. The highest BCUT2D eigenvalue weighted by Gasteiger charge is 2.36. The van der Waals surface area contributed by atoms with E-state index in [4.69, 9.17) is 11.6 Å². The minimum atomic E-state index is 0.0973. The van der Waals surface area contributed by atoms with Crippen LogP contribution in [-0.4, -0.2) is 20.8 Å². The molecule has 0 amide bonds. The van der Waals surface area contributed by atoms with Crippen LogP contribution in [-0.2, 0) is 0 Å². The normalized spacial score (nSPS) is 18.3. The summed E-state index contributed by atoms with van der Waals surface area (Å²) in [7, 11) is 0. The first-order valence-corrected chi connectivity index (χ1v) is 6.13. The molecule has 4 heteroatoms. The van der Waals surface area contributed by atoms with Gasteiger partial charge in [-0.05, 0) is 31.4 Å². The zero-order valence-corrected chi connectivity index (χ0v) is 9.74. The first-order valence-electron chi connectivity index (χ1n) is 5.59. The van der Waals surface area contributed by atoms with Gasteiger partial charge in [0.2, 0.25) is 0 Å². The molecule has 1 N–H and O–H groups in total. The summed E-state index contributed by atoms with van der Waals surface area (Å²) in [6.07, 6.45) is 7.36. The van der Waals surface area contributed by atoms with Crippen LogP contribution in [0.2, 0.25) is 0 Å². The monoisotopic (exact) mass is 235 g/mol. The summed E-state index contributed by atoms with van der Waals surface area (Å²) < 4.78 is 2.06. The number of hydrogen-bond acceptors (Lipinski definition) is 2. The lowest BCUT2D eigenvalue weighted by atomic mass is 9.78. The minimum absolute atomic E-state index is 0.0973. The molecule has 2 aromatic heterocycles. The van der Waals surface area contributed by atoms with E-state index >= 15 is 0 Å². The van der Waals surface area contributed by atoms with Crippen LogP contribution in [0.5, 0.6) is 0 Å². The molecule has 3 rings (SSSR count). The third kappa shape index (κ3) is 1.47. The summed E-state index contributed by atoms with van der Waals surface area (Å²) in [6.45, 7) is 0. The lowest BCUT2D eigenvalue weighted by molar-refractivity contribution is 0.310. The Morgan fingerprint density at radius 1 is 1.44 bits per heavy atom.